The highest BCUT2D eigenvalue weighted by Crippen LogP contribution is 2.12. The lowest BCUT2D eigenvalue weighted by Gasteiger charge is -2.32. The van der Waals surface area contributed by atoms with E-state index in [0.717, 1.165) is 0 Å². The molecule has 0 spiro atoms. The predicted octanol–water partition coefficient (Wildman–Crippen LogP) is 0.989. The van der Waals surface area contributed by atoms with Gasteiger partial charge < -0.3 is 9.64 Å². The van der Waals surface area contributed by atoms with Crippen LogP contribution in [0.5, 0.6) is 0 Å². The summed E-state index contributed by atoms with van der Waals surface area (Å²) in [5.74, 6) is -0.441. The van der Waals surface area contributed by atoms with E-state index in [4.69, 9.17) is 4.74 Å². The van der Waals surface area contributed by atoms with E-state index in [-0.39, 0.29) is 17.6 Å². The zero-order valence-electron chi connectivity index (χ0n) is 13.6. The van der Waals surface area contributed by atoms with Crippen LogP contribution in [0, 0.1) is 5.92 Å². The molecule has 1 aromatic carbocycles. The van der Waals surface area contributed by atoms with Gasteiger partial charge in [0.05, 0.1) is 19.0 Å². The van der Waals surface area contributed by atoms with Gasteiger partial charge in [0.15, 0.2) is 0 Å². The van der Waals surface area contributed by atoms with Gasteiger partial charge in [0.2, 0.25) is 15.9 Å². The number of hydrogen-bond donors (Lipinski definition) is 1. The summed E-state index contributed by atoms with van der Waals surface area (Å²) in [7, 11) is -3.59. The van der Waals surface area contributed by atoms with Gasteiger partial charge in [0.1, 0.15) is 6.04 Å². The van der Waals surface area contributed by atoms with Crippen LogP contribution in [0.4, 0.5) is 0 Å². The summed E-state index contributed by atoms with van der Waals surface area (Å²) in [6.45, 7) is 5.67. The number of sulfonamides is 1. The normalized spacial score (nSPS) is 17.3. The van der Waals surface area contributed by atoms with E-state index >= 15 is 0 Å². The largest absolute Gasteiger partial charge is 0.378 e. The smallest absolute Gasteiger partial charge is 0.241 e. The van der Waals surface area contributed by atoms with E-state index in [1.54, 1.807) is 29.2 Å². The molecule has 0 radical (unpaired) electrons. The Kier molecular flexibility index (Phi) is 6.15. The molecule has 1 heterocycles. The van der Waals surface area contributed by atoms with Gasteiger partial charge in [-0.2, -0.15) is 0 Å². The van der Waals surface area contributed by atoms with Gasteiger partial charge in [-0.05, 0) is 11.5 Å². The van der Waals surface area contributed by atoms with E-state index in [1.165, 1.54) is 0 Å². The number of morpholine rings is 1. The molecule has 2 rings (SSSR count). The van der Waals surface area contributed by atoms with Crippen molar-refractivity contribution >= 4 is 15.9 Å². The van der Waals surface area contributed by atoms with E-state index < -0.39 is 16.1 Å². The zero-order valence-corrected chi connectivity index (χ0v) is 14.4. The number of rotatable bonds is 6. The molecule has 0 unspecified atom stereocenters. The molecule has 7 heteroatoms. The molecule has 1 saturated heterocycles. The lowest BCUT2D eigenvalue weighted by molar-refractivity contribution is -0.138. The molecule has 1 N–H and O–H groups in total. The van der Waals surface area contributed by atoms with Gasteiger partial charge in [0, 0.05) is 13.1 Å². The molecule has 1 aromatic rings. The van der Waals surface area contributed by atoms with E-state index in [1.807, 2.05) is 19.9 Å². The Balaban J connectivity index is 2.07. The van der Waals surface area contributed by atoms with Crippen molar-refractivity contribution in [1.29, 1.82) is 0 Å². The van der Waals surface area contributed by atoms with Crippen LogP contribution in [0.1, 0.15) is 19.4 Å². The third kappa shape index (κ3) is 5.30. The number of nitrogens with zero attached hydrogens (tertiary/aromatic N) is 1. The molecule has 23 heavy (non-hydrogen) atoms. The van der Waals surface area contributed by atoms with E-state index in [0.29, 0.717) is 31.9 Å². The first kappa shape index (κ1) is 17.9. The average molecular weight is 340 g/mol. The van der Waals surface area contributed by atoms with Crippen molar-refractivity contribution in [3.05, 3.63) is 35.9 Å². The number of hydrogen-bond acceptors (Lipinski definition) is 4. The first-order valence-corrected chi connectivity index (χ1v) is 9.45. The number of ether oxygens (including phenoxy) is 1. The first-order chi connectivity index (χ1) is 10.9. The maximum Gasteiger partial charge on any atom is 0.241 e. The summed E-state index contributed by atoms with van der Waals surface area (Å²) in [5.41, 5.74) is 0.696. The minimum absolute atomic E-state index is 0.129. The summed E-state index contributed by atoms with van der Waals surface area (Å²) in [4.78, 5) is 14.3. The Bertz CT molecular complexity index is 610. The minimum Gasteiger partial charge on any atom is -0.378 e. The first-order valence-electron chi connectivity index (χ1n) is 7.79. The van der Waals surface area contributed by atoms with Gasteiger partial charge in [-0.3, -0.25) is 4.79 Å². The number of carbonyl (C=O) groups excluding carboxylic acids is 1. The fraction of sp³-hybridized carbons (Fsp3) is 0.562. The maximum absolute atomic E-state index is 12.6. The second kappa shape index (κ2) is 7.90. The molecular formula is C16H24N2O4S. The van der Waals surface area contributed by atoms with Gasteiger partial charge in [0.25, 0.3) is 0 Å². The summed E-state index contributed by atoms with van der Waals surface area (Å²) in [6, 6.07) is 8.19. The third-order valence-corrected chi connectivity index (χ3v) is 5.09. The van der Waals surface area contributed by atoms with Crippen LogP contribution in [0.2, 0.25) is 0 Å². The van der Waals surface area contributed by atoms with Crippen LogP contribution >= 0.6 is 0 Å². The number of benzene rings is 1. The standard InChI is InChI=1S/C16H24N2O4S/c1-13(2)15(16(19)18-8-10-22-11-9-18)17-23(20,21)12-14-6-4-3-5-7-14/h3-7,13,15,17H,8-12H2,1-2H3/t15-/m0/s1. The fourth-order valence-corrected chi connectivity index (χ4v) is 3.96. The summed E-state index contributed by atoms with van der Waals surface area (Å²) >= 11 is 0. The Morgan fingerprint density at radius 3 is 2.39 bits per heavy atom. The van der Waals surface area contributed by atoms with Crippen LogP contribution in [0.15, 0.2) is 30.3 Å². The van der Waals surface area contributed by atoms with Gasteiger partial charge >= 0.3 is 0 Å². The van der Waals surface area contributed by atoms with Crippen LogP contribution < -0.4 is 4.72 Å². The van der Waals surface area contributed by atoms with Crippen molar-refractivity contribution in [2.24, 2.45) is 5.92 Å². The van der Waals surface area contributed by atoms with Crippen LogP contribution in [0.3, 0.4) is 0 Å². The lowest BCUT2D eigenvalue weighted by atomic mass is 10.0. The summed E-state index contributed by atoms with van der Waals surface area (Å²) in [6.07, 6.45) is 0. The topological polar surface area (TPSA) is 75.7 Å². The van der Waals surface area contributed by atoms with Crippen molar-refractivity contribution in [2.75, 3.05) is 26.3 Å². The number of amides is 1. The Labute approximate surface area is 137 Å². The highest BCUT2D eigenvalue weighted by atomic mass is 32.2. The van der Waals surface area contributed by atoms with Crippen molar-refractivity contribution in [1.82, 2.24) is 9.62 Å². The molecule has 1 aliphatic heterocycles. The van der Waals surface area contributed by atoms with E-state index in [2.05, 4.69) is 4.72 Å². The SMILES string of the molecule is CC(C)[C@H](NS(=O)(=O)Cc1ccccc1)C(=O)N1CCOCC1. The highest BCUT2D eigenvalue weighted by molar-refractivity contribution is 7.88. The van der Waals surface area contributed by atoms with Gasteiger partial charge in [-0.15, -0.1) is 0 Å². The Morgan fingerprint density at radius 1 is 1.22 bits per heavy atom. The number of carbonyl (C=O) groups is 1. The molecule has 0 aromatic heterocycles. The third-order valence-electron chi connectivity index (χ3n) is 3.76. The van der Waals surface area contributed by atoms with Crippen molar-refractivity contribution < 1.29 is 17.9 Å². The number of nitrogens with one attached hydrogen (secondary N) is 1. The molecule has 1 atom stereocenters. The van der Waals surface area contributed by atoms with Crippen molar-refractivity contribution in [3.63, 3.8) is 0 Å². The highest BCUT2D eigenvalue weighted by Gasteiger charge is 2.31. The Morgan fingerprint density at radius 2 is 1.83 bits per heavy atom. The van der Waals surface area contributed by atoms with Gasteiger partial charge in [-0.25, -0.2) is 13.1 Å². The quantitative estimate of drug-likeness (QED) is 0.838. The molecule has 128 valence electrons. The Hall–Kier alpha value is -1.44. The van der Waals surface area contributed by atoms with E-state index in [9.17, 15) is 13.2 Å². The minimum atomic E-state index is -3.59. The van der Waals surface area contributed by atoms with Crippen LogP contribution in [0.25, 0.3) is 0 Å². The maximum atomic E-state index is 12.6. The molecular weight excluding hydrogens is 316 g/mol. The molecule has 1 aliphatic rings. The lowest BCUT2D eigenvalue weighted by Crippen LogP contribution is -2.53. The van der Waals surface area contributed by atoms with Gasteiger partial charge in [-0.1, -0.05) is 44.2 Å². The molecule has 6 nitrogen and oxygen atoms in total. The molecule has 1 amide bonds. The molecule has 1 fully saturated rings. The molecule has 0 saturated carbocycles. The molecule has 0 bridgehead atoms. The summed E-state index contributed by atoms with van der Waals surface area (Å²) in [5, 5.41) is 0. The summed E-state index contributed by atoms with van der Waals surface area (Å²) < 4.78 is 32.6. The average Bonchev–Trinajstić information content (AvgIpc) is 2.53. The van der Waals surface area contributed by atoms with Crippen molar-refractivity contribution in [3.8, 4) is 0 Å². The predicted molar refractivity (Wildman–Crippen MR) is 88.2 cm³/mol. The monoisotopic (exact) mass is 340 g/mol. The van der Waals surface area contributed by atoms with Crippen LogP contribution in [-0.2, 0) is 25.3 Å². The second-order valence-corrected chi connectivity index (χ2v) is 7.78. The van der Waals surface area contributed by atoms with Crippen molar-refractivity contribution in [2.45, 2.75) is 25.6 Å². The van der Waals surface area contributed by atoms with Crippen LogP contribution in [-0.4, -0.2) is 51.6 Å². The zero-order chi connectivity index (χ0) is 16.9. The molecule has 0 aliphatic carbocycles. The fourth-order valence-electron chi connectivity index (χ4n) is 2.48. The second-order valence-electron chi connectivity index (χ2n) is 6.02.